The predicted molar refractivity (Wildman–Crippen MR) is 76.1 cm³/mol. The van der Waals surface area contributed by atoms with Crippen molar-refractivity contribution in [1.82, 2.24) is 10.3 Å². The van der Waals surface area contributed by atoms with Crippen LogP contribution >= 0.6 is 12.2 Å². The molecule has 102 valence electrons. The monoisotopic (exact) mass is 280 g/mol. The van der Waals surface area contributed by atoms with Crippen LogP contribution in [-0.2, 0) is 9.53 Å². The largest absolute Gasteiger partial charge is 0.388 e. The molecule has 0 aromatic carbocycles. The molecule has 7 heteroatoms. The van der Waals surface area contributed by atoms with E-state index >= 15 is 0 Å². The maximum absolute atomic E-state index is 11.9. The van der Waals surface area contributed by atoms with Crippen LogP contribution in [0.1, 0.15) is 5.69 Å². The SMILES string of the molecule is CNC(=O)C1COCCN1c1cccc(C(N)=S)n1. The van der Waals surface area contributed by atoms with Crippen molar-refractivity contribution in [3.63, 3.8) is 0 Å². The van der Waals surface area contributed by atoms with Crippen molar-refractivity contribution in [1.29, 1.82) is 0 Å². The molecule has 0 spiro atoms. The zero-order chi connectivity index (χ0) is 13.8. The average Bonchev–Trinajstić information content (AvgIpc) is 2.46. The van der Waals surface area contributed by atoms with E-state index in [4.69, 9.17) is 22.7 Å². The topological polar surface area (TPSA) is 80.5 Å². The maximum atomic E-state index is 11.9. The number of amides is 1. The lowest BCUT2D eigenvalue weighted by Crippen LogP contribution is -2.53. The minimum atomic E-state index is -0.382. The molecular formula is C12H16N4O2S. The number of hydrogen-bond acceptors (Lipinski definition) is 5. The van der Waals surface area contributed by atoms with E-state index in [0.29, 0.717) is 31.3 Å². The van der Waals surface area contributed by atoms with E-state index in [1.807, 2.05) is 17.0 Å². The number of nitrogens with two attached hydrogens (primary N) is 1. The first-order valence-electron chi connectivity index (χ1n) is 5.96. The molecule has 0 aliphatic carbocycles. The van der Waals surface area contributed by atoms with Gasteiger partial charge < -0.3 is 20.7 Å². The molecule has 1 saturated heterocycles. The third kappa shape index (κ3) is 2.99. The van der Waals surface area contributed by atoms with Crippen molar-refractivity contribution in [2.75, 3.05) is 31.7 Å². The maximum Gasteiger partial charge on any atom is 0.244 e. The molecule has 3 N–H and O–H groups in total. The van der Waals surface area contributed by atoms with Crippen LogP contribution in [0, 0.1) is 0 Å². The number of ether oxygens (including phenoxy) is 1. The summed E-state index contributed by atoms with van der Waals surface area (Å²) in [6, 6.07) is 5.03. The molecule has 0 radical (unpaired) electrons. The summed E-state index contributed by atoms with van der Waals surface area (Å²) < 4.78 is 5.35. The summed E-state index contributed by atoms with van der Waals surface area (Å²) in [5.41, 5.74) is 6.13. The Kier molecular flexibility index (Phi) is 4.28. The third-order valence-corrected chi connectivity index (χ3v) is 3.17. The Morgan fingerprint density at radius 3 is 3.11 bits per heavy atom. The van der Waals surface area contributed by atoms with Gasteiger partial charge in [0.2, 0.25) is 5.91 Å². The molecule has 2 rings (SSSR count). The number of thiocarbonyl (C=S) groups is 1. The van der Waals surface area contributed by atoms with E-state index in [1.165, 1.54) is 0 Å². The standard InChI is InChI=1S/C12H16N4O2S/c1-14-12(17)9-7-18-6-5-16(9)10-4-2-3-8(15-10)11(13)19/h2-4,9H,5-7H2,1H3,(H2,13,19)(H,14,17). The van der Waals surface area contributed by atoms with Gasteiger partial charge in [-0.25, -0.2) is 4.98 Å². The van der Waals surface area contributed by atoms with Crippen LogP contribution < -0.4 is 16.0 Å². The van der Waals surface area contributed by atoms with Crippen LogP contribution in [0.3, 0.4) is 0 Å². The molecule has 1 unspecified atom stereocenters. The third-order valence-electron chi connectivity index (χ3n) is 2.96. The van der Waals surface area contributed by atoms with Crippen LogP contribution in [-0.4, -0.2) is 48.7 Å². The molecule has 2 heterocycles. The first kappa shape index (κ1) is 13.7. The van der Waals surface area contributed by atoms with Crippen molar-refractivity contribution in [3.05, 3.63) is 23.9 Å². The second kappa shape index (κ2) is 5.94. The van der Waals surface area contributed by atoms with Crippen molar-refractivity contribution in [2.24, 2.45) is 5.73 Å². The van der Waals surface area contributed by atoms with Gasteiger partial charge in [0.05, 0.1) is 18.9 Å². The van der Waals surface area contributed by atoms with Crippen molar-refractivity contribution >= 4 is 28.9 Å². The summed E-state index contributed by atoms with van der Waals surface area (Å²) in [6.07, 6.45) is 0. The van der Waals surface area contributed by atoms with Gasteiger partial charge in [-0.05, 0) is 12.1 Å². The van der Waals surface area contributed by atoms with Crippen LogP contribution in [0.15, 0.2) is 18.2 Å². The fourth-order valence-corrected chi connectivity index (χ4v) is 2.10. The molecule has 0 saturated carbocycles. The Morgan fingerprint density at radius 2 is 2.42 bits per heavy atom. The second-order valence-electron chi connectivity index (χ2n) is 4.14. The van der Waals surface area contributed by atoms with Crippen LogP contribution in [0.5, 0.6) is 0 Å². The minimum absolute atomic E-state index is 0.0952. The summed E-state index contributed by atoms with van der Waals surface area (Å²) in [5, 5.41) is 2.63. The summed E-state index contributed by atoms with van der Waals surface area (Å²) in [6.45, 7) is 1.51. The first-order chi connectivity index (χ1) is 9.13. The first-order valence-corrected chi connectivity index (χ1v) is 6.37. The lowest BCUT2D eigenvalue weighted by molar-refractivity contribution is -0.124. The lowest BCUT2D eigenvalue weighted by atomic mass is 10.2. The number of anilines is 1. The van der Waals surface area contributed by atoms with E-state index in [2.05, 4.69) is 10.3 Å². The molecule has 1 amide bonds. The van der Waals surface area contributed by atoms with Gasteiger partial charge in [-0.3, -0.25) is 4.79 Å². The molecule has 6 nitrogen and oxygen atoms in total. The van der Waals surface area contributed by atoms with Gasteiger partial charge in [0.25, 0.3) is 0 Å². The van der Waals surface area contributed by atoms with E-state index in [0.717, 1.165) is 0 Å². The Labute approximate surface area is 116 Å². The van der Waals surface area contributed by atoms with Crippen LogP contribution in [0.4, 0.5) is 5.82 Å². The van der Waals surface area contributed by atoms with Gasteiger partial charge in [-0.15, -0.1) is 0 Å². The quantitative estimate of drug-likeness (QED) is 0.738. The number of aromatic nitrogens is 1. The van der Waals surface area contributed by atoms with E-state index in [9.17, 15) is 4.79 Å². The Balaban J connectivity index is 2.29. The molecular weight excluding hydrogens is 264 g/mol. The zero-order valence-electron chi connectivity index (χ0n) is 10.6. The zero-order valence-corrected chi connectivity index (χ0v) is 11.4. The summed E-state index contributed by atoms with van der Waals surface area (Å²) in [5.74, 6) is 0.587. The van der Waals surface area contributed by atoms with Gasteiger partial charge >= 0.3 is 0 Å². The smallest absolute Gasteiger partial charge is 0.244 e. The second-order valence-corrected chi connectivity index (χ2v) is 4.58. The Hall–Kier alpha value is -1.73. The number of pyridine rings is 1. The Morgan fingerprint density at radius 1 is 1.63 bits per heavy atom. The average molecular weight is 280 g/mol. The van der Waals surface area contributed by atoms with Gasteiger partial charge in [0.1, 0.15) is 16.8 Å². The molecule has 1 fully saturated rings. The molecule has 1 atom stereocenters. The van der Waals surface area contributed by atoms with E-state index in [1.54, 1.807) is 13.1 Å². The number of nitrogens with zero attached hydrogens (tertiary/aromatic N) is 2. The van der Waals surface area contributed by atoms with Crippen LogP contribution in [0.25, 0.3) is 0 Å². The normalized spacial score (nSPS) is 19.0. The van der Waals surface area contributed by atoms with Crippen LogP contribution in [0.2, 0.25) is 0 Å². The highest BCUT2D eigenvalue weighted by molar-refractivity contribution is 7.80. The van der Waals surface area contributed by atoms with Crippen molar-refractivity contribution < 1.29 is 9.53 Å². The van der Waals surface area contributed by atoms with E-state index < -0.39 is 0 Å². The highest BCUT2D eigenvalue weighted by atomic mass is 32.1. The summed E-state index contributed by atoms with van der Waals surface area (Å²) in [4.78, 5) is 18.4. The minimum Gasteiger partial charge on any atom is -0.388 e. The molecule has 1 aromatic rings. The van der Waals surface area contributed by atoms with Gasteiger partial charge in [-0.1, -0.05) is 18.3 Å². The fourth-order valence-electron chi connectivity index (χ4n) is 1.98. The van der Waals surface area contributed by atoms with Gasteiger partial charge in [0, 0.05) is 13.6 Å². The van der Waals surface area contributed by atoms with Crippen molar-refractivity contribution in [3.8, 4) is 0 Å². The molecule has 1 aromatic heterocycles. The van der Waals surface area contributed by atoms with Crippen molar-refractivity contribution in [2.45, 2.75) is 6.04 Å². The number of likely N-dealkylation sites (N-methyl/N-ethyl adjacent to an activating group) is 1. The lowest BCUT2D eigenvalue weighted by Gasteiger charge is -2.35. The number of morpholine rings is 1. The number of carbonyl (C=O) groups excluding carboxylic acids is 1. The number of nitrogens with one attached hydrogen (secondary N) is 1. The highest BCUT2D eigenvalue weighted by Crippen LogP contribution is 2.18. The molecule has 0 bridgehead atoms. The highest BCUT2D eigenvalue weighted by Gasteiger charge is 2.29. The van der Waals surface area contributed by atoms with Gasteiger partial charge in [-0.2, -0.15) is 0 Å². The summed E-state index contributed by atoms with van der Waals surface area (Å²) >= 11 is 4.92. The number of hydrogen-bond donors (Lipinski definition) is 2. The number of carbonyl (C=O) groups is 1. The molecule has 1 aliphatic heterocycles. The summed E-state index contributed by atoms with van der Waals surface area (Å²) in [7, 11) is 1.61. The van der Waals surface area contributed by atoms with E-state index in [-0.39, 0.29) is 16.9 Å². The Bertz CT molecular complexity index is 494. The fraction of sp³-hybridized carbons (Fsp3) is 0.417. The molecule has 1 aliphatic rings. The predicted octanol–water partition coefficient (Wildman–Crippen LogP) is -0.333. The number of rotatable bonds is 3. The van der Waals surface area contributed by atoms with Gasteiger partial charge in [0.15, 0.2) is 0 Å². The molecule has 19 heavy (non-hydrogen) atoms.